The Bertz CT molecular complexity index is 505. The fourth-order valence-electron chi connectivity index (χ4n) is 1.72. The molecule has 0 fully saturated rings. The molecule has 0 bridgehead atoms. The molecule has 1 aromatic rings. The molecule has 1 unspecified atom stereocenters. The zero-order valence-corrected chi connectivity index (χ0v) is 14.9. The van der Waals surface area contributed by atoms with Gasteiger partial charge in [0.2, 0.25) is 0 Å². The number of aromatic nitrogens is 1. The Labute approximate surface area is 147 Å². The van der Waals surface area contributed by atoms with E-state index in [1.165, 1.54) is 4.90 Å². The number of hydrogen-bond acceptors (Lipinski definition) is 5. The van der Waals surface area contributed by atoms with E-state index in [-0.39, 0.29) is 24.8 Å². The van der Waals surface area contributed by atoms with E-state index < -0.39 is 18.0 Å². The molecular formula is C14H22LiN3O3S. The van der Waals surface area contributed by atoms with Crippen molar-refractivity contribution in [3.05, 3.63) is 16.1 Å². The maximum atomic E-state index is 12.0. The van der Waals surface area contributed by atoms with E-state index >= 15 is 0 Å². The fourth-order valence-corrected chi connectivity index (χ4v) is 2.54. The van der Waals surface area contributed by atoms with Crippen molar-refractivity contribution in [3.63, 3.8) is 0 Å². The third-order valence-electron chi connectivity index (χ3n) is 3.01. The molecule has 0 aromatic carbocycles. The van der Waals surface area contributed by atoms with Crippen LogP contribution in [-0.2, 0) is 11.3 Å². The molecule has 2 amide bonds. The van der Waals surface area contributed by atoms with E-state index in [0.29, 0.717) is 12.5 Å². The van der Waals surface area contributed by atoms with Crippen LogP contribution in [0.1, 0.15) is 44.3 Å². The average Bonchev–Trinajstić information content (AvgIpc) is 2.83. The molecule has 1 N–H and O–H groups in total. The molecular weight excluding hydrogens is 297 g/mol. The molecule has 0 radical (unpaired) electrons. The quantitative estimate of drug-likeness (QED) is 0.626. The predicted octanol–water partition coefficient (Wildman–Crippen LogP) is -1.81. The van der Waals surface area contributed by atoms with Gasteiger partial charge in [-0.3, -0.25) is 0 Å². The van der Waals surface area contributed by atoms with Crippen molar-refractivity contribution < 1.29 is 33.6 Å². The van der Waals surface area contributed by atoms with Crippen LogP contribution in [0.2, 0.25) is 0 Å². The van der Waals surface area contributed by atoms with Gasteiger partial charge in [0, 0.05) is 18.3 Å². The summed E-state index contributed by atoms with van der Waals surface area (Å²) >= 11 is 1.56. The Balaban J connectivity index is 0.00000441. The number of thiazole rings is 1. The van der Waals surface area contributed by atoms with Crippen LogP contribution in [0, 0.1) is 5.92 Å². The summed E-state index contributed by atoms with van der Waals surface area (Å²) in [6.07, 6.45) is 0. The normalized spacial score (nSPS) is 12.0. The molecule has 0 spiro atoms. The number of carbonyl (C=O) groups is 2. The summed E-state index contributed by atoms with van der Waals surface area (Å²) in [6, 6.07) is -1.45. The monoisotopic (exact) mass is 319 g/mol. The number of urea groups is 1. The maximum Gasteiger partial charge on any atom is 1.00 e. The van der Waals surface area contributed by atoms with Crippen molar-refractivity contribution >= 4 is 23.3 Å². The minimum absolute atomic E-state index is 0. The zero-order chi connectivity index (χ0) is 16.2. The van der Waals surface area contributed by atoms with E-state index in [9.17, 15) is 14.7 Å². The van der Waals surface area contributed by atoms with Gasteiger partial charge in [0.1, 0.15) is 0 Å². The Hall–Kier alpha value is -1.03. The topological polar surface area (TPSA) is 85.4 Å². The standard InChI is InChI=1S/C14H23N3O3S.Li/c1-8(2)11(13(18)19)16-14(20)17(5)6-10-7-21-12(15-10)9(3)4;/h7-9,11H,6H2,1-5H3,(H,16,20)(H,18,19);/q;+1/p-1. The Kier molecular flexibility index (Phi) is 8.75. The Morgan fingerprint density at radius 1 is 1.36 bits per heavy atom. The number of nitrogens with one attached hydrogen (secondary N) is 1. The number of carboxylic acids is 1. The summed E-state index contributed by atoms with van der Waals surface area (Å²) in [6.45, 7) is 7.90. The van der Waals surface area contributed by atoms with Gasteiger partial charge in [0.05, 0.1) is 29.3 Å². The van der Waals surface area contributed by atoms with Crippen LogP contribution in [0.3, 0.4) is 0 Å². The van der Waals surface area contributed by atoms with E-state index in [1.807, 2.05) is 5.38 Å². The molecule has 1 aromatic heterocycles. The third kappa shape index (κ3) is 5.99. The first-order valence-corrected chi connectivity index (χ1v) is 7.77. The van der Waals surface area contributed by atoms with E-state index in [0.717, 1.165) is 10.7 Å². The second-order valence-electron chi connectivity index (χ2n) is 5.68. The van der Waals surface area contributed by atoms with Gasteiger partial charge in [-0.1, -0.05) is 27.7 Å². The summed E-state index contributed by atoms with van der Waals surface area (Å²) in [5.74, 6) is -1.16. The number of rotatable bonds is 6. The number of aliphatic carboxylic acids is 1. The molecule has 22 heavy (non-hydrogen) atoms. The van der Waals surface area contributed by atoms with E-state index in [2.05, 4.69) is 24.1 Å². The summed E-state index contributed by atoms with van der Waals surface area (Å²) in [7, 11) is 1.61. The van der Waals surface area contributed by atoms with Crippen LogP contribution >= 0.6 is 11.3 Å². The molecule has 0 saturated heterocycles. The van der Waals surface area contributed by atoms with Crippen LogP contribution < -0.4 is 29.3 Å². The largest absolute Gasteiger partial charge is 1.00 e. The van der Waals surface area contributed by atoms with Gasteiger partial charge in [-0.2, -0.15) is 0 Å². The van der Waals surface area contributed by atoms with Gasteiger partial charge >= 0.3 is 24.9 Å². The van der Waals surface area contributed by atoms with Crippen molar-refractivity contribution in [2.75, 3.05) is 7.05 Å². The average molecular weight is 319 g/mol. The fraction of sp³-hybridized carbons (Fsp3) is 0.643. The minimum atomic E-state index is -1.28. The Morgan fingerprint density at radius 2 is 1.95 bits per heavy atom. The summed E-state index contributed by atoms with van der Waals surface area (Å²) in [5.41, 5.74) is 0.802. The number of nitrogens with zero attached hydrogens (tertiary/aromatic N) is 2. The van der Waals surface area contributed by atoms with Crippen LogP contribution in [0.5, 0.6) is 0 Å². The van der Waals surface area contributed by atoms with Crippen LogP contribution in [-0.4, -0.2) is 35.0 Å². The first kappa shape index (κ1) is 21.0. The summed E-state index contributed by atoms with van der Waals surface area (Å²) < 4.78 is 0. The van der Waals surface area contributed by atoms with E-state index in [4.69, 9.17) is 0 Å². The predicted molar refractivity (Wildman–Crippen MR) is 79.8 cm³/mol. The minimum Gasteiger partial charge on any atom is -0.548 e. The molecule has 6 nitrogen and oxygen atoms in total. The summed E-state index contributed by atoms with van der Waals surface area (Å²) in [4.78, 5) is 28.9. The number of amides is 2. The van der Waals surface area contributed by atoms with Gasteiger partial charge in [0.15, 0.2) is 0 Å². The number of carboxylic acid groups (broad SMARTS) is 1. The third-order valence-corrected chi connectivity index (χ3v) is 4.20. The molecule has 0 aliphatic heterocycles. The number of hydrogen-bond donors (Lipinski definition) is 1. The molecule has 0 saturated carbocycles. The van der Waals surface area contributed by atoms with Crippen LogP contribution in [0.15, 0.2) is 5.38 Å². The van der Waals surface area contributed by atoms with Crippen LogP contribution in [0.4, 0.5) is 4.79 Å². The summed E-state index contributed by atoms with van der Waals surface area (Å²) in [5, 5.41) is 16.4. The van der Waals surface area contributed by atoms with Crippen molar-refractivity contribution in [2.24, 2.45) is 5.92 Å². The van der Waals surface area contributed by atoms with Crippen molar-refractivity contribution in [1.29, 1.82) is 0 Å². The molecule has 118 valence electrons. The van der Waals surface area contributed by atoms with Crippen molar-refractivity contribution in [2.45, 2.75) is 46.2 Å². The number of carbonyl (C=O) groups excluding carboxylic acids is 2. The zero-order valence-electron chi connectivity index (χ0n) is 14.0. The van der Waals surface area contributed by atoms with Gasteiger partial charge in [-0.25, -0.2) is 9.78 Å². The van der Waals surface area contributed by atoms with Gasteiger partial charge in [0.25, 0.3) is 0 Å². The second kappa shape index (κ2) is 9.18. The Morgan fingerprint density at radius 3 is 2.36 bits per heavy atom. The van der Waals surface area contributed by atoms with Crippen molar-refractivity contribution in [3.8, 4) is 0 Å². The maximum absolute atomic E-state index is 12.0. The molecule has 1 heterocycles. The molecule has 8 heteroatoms. The van der Waals surface area contributed by atoms with Gasteiger partial charge < -0.3 is 20.1 Å². The smallest absolute Gasteiger partial charge is 0.548 e. The van der Waals surface area contributed by atoms with Crippen LogP contribution in [0.25, 0.3) is 0 Å². The van der Waals surface area contributed by atoms with Gasteiger partial charge in [-0.05, 0) is 5.92 Å². The van der Waals surface area contributed by atoms with Crippen molar-refractivity contribution in [1.82, 2.24) is 15.2 Å². The van der Waals surface area contributed by atoms with E-state index in [1.54, 1.807) is 32.2 Å². The SMILES string of the molecule is CC(C)c1nc(CN(C)C(=O)NC(C(=O)[O-])C(C)C)cs1.[Li+]. The van der Waals surface area contributed by atoms with Gasteiger partial charge in [-0.15, -0.1) is 11.3 Å². The first-order valence-electron chi connectivity index (χ1n) is 6.89. The molecule has 1 rings (SSSR count). The molecule has 0 aliphatic carbocycles. The first-order chi connectivity index (χ1) is 9.72. The second-order valence-corrected chi connectivity index (χ2v) is 6.57. The molecule has 0 aliphatic rings. The molecule has 1 atom stereocenters.